The second-order valence-corrected chi connectivity index (χ2v) is 6.67. The molecule has 8 nitrogen and oxygen atoms in total. The molecule has 1 aromatic heterocycles. The van der Waals surface area contributed by atoms with Gasteiger partial charge < -0.3 is 21.9 Å². The Morgan fingerprint density at radius 2 is 2.17 bits per heavy atom. The highest BCUT2D eigenvalue weighted by molar-refractivity contribution is 6.00. The number of aromatic nitrogens is 1. The van der Waals surface area contributed by atoms with Gasteiger partial charge in [-0.2, -0.15) is 0 Å². The molecule has 1 aromatic carbocycles. The van der Waals surface area contributed by atoms with Gasteiger partial charge in [0, 0.05) is 25.0 Å². The number of hydrogen-bond acceptors (Lipinski definition) is 7. The molecule has 1 unspecified atom stereocenters. The van der Waals surface area contributed by atoms with Crippen molar-refractivity contribution in [1.82, 2.24) is 15.7 Å². The normalized spacial score (nSPS) is 12.6. The molecule has 0 fully saturated rings. The number of amides is 1. The number of rotatable bonds is 10. The molecule has 2 rings (SSSR count). The van der Waals surface area contributed by atoms with Crippen molar-refractivity contribution < 1.29 is 9.18 Å². The second kappa shape index (κ2) is 11.4. The first kappa shape index (κ1) is 22.7. The van der Waals surface area contributed by atoms with Crippen LogP contribution >= 0.6 is 0 Å². The van der Waals surface area contributed by atoms with E-state index in [1.807, 2.05) is 19.9 Å². The lowest BCUT2D eigenvalue weighted by Crippen LogP contribution is -2.34. The van der Waals surface area contributed by atoms with E-state index >= 15 is 0 Å². The molecule has 0 radical (unpaired) electrons. The van der Waals surface area contributed by atoms with E-state index in [0.29, 0.717) is 35.6 Å². The number of carbonyl (C=O) groups is 1. The monoisotopic (exact) mass is 411 g/mol. The molecule has 0 saturated heterocycles. The van der Waals surface area contributed by atoms with Crippen LogP contribution in [0, 0.1) is 18.2 Å². The summed E-state index contributed by atoms with van der Waals surface area (Å²) in [6.07, 6.45) is 5.71. The van der Waals surface area contributed by atoms with Gasteiger partial charge >= 0.3 is 0 Å². The zero-order valence-corrected chi connectivity index (χ0v) is 16.9. The van der Waals surface area contributed by atoms with Crippen LogP contribution in [0.1, 0.15) is 29.3 Å². The minimum atomic E-state index is -0.432. The highest BCUT2D eigenvalue weighted by Crippen LogP contribution is 2.17. The molecule has 0 saturated carbocycles. The molecule has 9 heteroatoms. The lowest BCUT2D eigenvalue weighted by atomic mass is 10.1. The van der Waals surface area contributed by atoms with E-state index in [-0.39, 0.29) is 11.9 Å². The fourth-order valence-corrected chi connectivity index (χ4v) is 2.62. The van der Waals surface area contributed by atoms with Crippen molar-refractivity contribution in [2.75, 3.05) is 12.0 Å². The maximum Gasteiger partial charge on any atom is 0.253 e. The molecule has 0 spiro atoms. The first-order chi connectivity index (χ1) is 14.4. The van der Waals surface area contributed by atoms with Gasteiger partial charge in [0.2, 0.25) is 0 Å². The third kappa shape index (κ3) is 7.10. The number of aryl methyl sites for hydroxylation is 1. The molecule has 2 aromatic rings. The van der Waals surface area contributed by atoms with Gasteiger partial charge in [0.25, 0.3) is 5.91 Å². The van der Waals surface area contributed by atoms with E-state index in [0.717, 1.165) is 11.8 Å². The van der Waals surface area contributed by atoms with E-state index in [9.17, 15) is 9.18 Å². The maximum absolute atomic E-state index is 12.9. The fourth-order valence-electron chi connectivity index (χ4n) is 2.62. The van der Waals surface area contributed by atoms with Crippen LogP contribution in [0.3, 0.4) is 0 Å². The summed E-state index contributed by atoms with van der Waals surface area (Å²) in [4.78, 5) is 20.8. The average molecular weight is 411 g/mol. The molecular formula is C21H26FN7O. The van der Waals surface area contributed by atoms with Crippen LogP contribution in [0.2, 0.25) is 0 Å². The van der Waals surface area contributed by atoms with Crippen molar-refractivity contribution in [2.24, 2.45) is 10.7 Å². The minimum absolute atomic E-state index is 0.220. The Morgan fingerprint density at radius 3 is 2.83 bits per heavy atom. The third-order valence-electron chi connectivity index (χ3n) is 4.05. The summed E-state index contributed by atoms with van der Waals surface area (Å²) in [6.45, 7) is 4.10. The minimum Gasteiger partial charge on any atom is -0.404 e. The Hall–Kier alpha value is -3.59. The number of nitrogens with one attached hydrogen (secondary N) is 4. The molecule has 1 amide bonds. The number of hydrogen-bond donors (Lipinski definition) is 5. The van der Waals surface area contributed by atoms with Crippen LogP contribution in [0.5, 0.6) is 0 Å². The first-order valence-electron chi connectivity index (χ1n) is 9.38. The van der Waals surface area contributed by atoms with Gasteiger partial charge in [-0.05, 0) is 56.3 Å². The third-order valence-corrected chi connectivity index (χ3v) is 4.05. The van der Waals surface area contributed by atoms with Crippen molar-refractivity contribution >= 4 is 29.8 Å². The standard InChI is InChI=1S/C21H26FN7O/c1-14-3-5-19(29-27-8-7-23)18(9-14)21(30)28-15(2)10-16(11-24)12-25-20-6-4-17(22)13-26-20/h3-7,9,11-13,15,23,27,29H,8,10,24H2,1-2H3,(H,28,30)/b16-11-,23-7?,25-12?. The topological polar surface area (TPSA) is 128 Å². The molecule has 1 heterocycles. The van der Waals surface area contributed by atoms with E-state index in [1.54, 1.807) is 18.3 Å². The largest absolute Gasteiger partial charge is 0.404 e. The quantitative estimate of drug-likeness (QED) is 0.233. The second-order valence-electron chi connectivity index (χ2n) is 6.67. The predicted molar refractivity (Wildman–Crippen MR) is 118 cm³/mol. The molecule has 0 aliphatic heterocycles. The van der Waals surface area contributed by atoms with Crippen molar-refractivity contribution in [3.63, 3.8) is 0 Å². The van der Waals surface area contributed by atoms with E-state index in [2.05, 4.69) is 26.1 Å². The molecule has 0 bridgehead atoms. The summed E-state index contributed by atoms with van der Waals surface area (Å²) >= 11 is 0. The van der Waals surface area contributed by atoms with Crippen LogP contribution in [0.4, 0.5) is 15.9 Å². The van der Waals surface area contributed by atoms with Gasteiger partial charge in [0.05, 0.1) is 17.4 Å². The number of nitrogens with two attached hydrogens (primary N) is 1. The van der Waals surface area contributed by atoms with E-state index < -0.39 is 5.82 Å². The lowest BCUT2D eigenvalue weighted by molar-refractivity contribution is 0.0941. The summed E-state index contributed by atoms with van der Waals surface area (Å²) in [5, 5.41) is 10.0. The summed E-state index contributed by atoms with van der Waals surface area (Å²) < 4.78 is 12.9. The Morgan fingerprint density at radius 1 is 1.37 bits per heavy atom. The van der Waals surface area contributed by atoms with Crippen molar-refractivity contribution in [3.8, 4) is 0 Å². The number of pyridine rings is 1. The number of hydrazine groups is 1. The number of nitrogens with zero attached hydrogens (tertiary/aromatic N) is 2. The van der Waals surface area contributed by atoms with Gasteiger partial charge in [-0.1, -0.05) is 11.6 Å². The Labute approximate surface area is 175 Å². The Bertz CT molecular complexity index is 925. The van der Waals surface area contributed by atoms with E-state index in [4.69, 9.17) is 11.1 Å². The average Bonchev–Trinajstić information content (AvgIpc) is 2.73. The lowest BCUT2D eigenvalue weighted by Gasteiger charge is -2.17. The van der Waals surface area contributed by atoms with Crippen LogP contribution in [-0.2, 0) is 0 Å². The van der Waals surface area contributed by atoms with Crippen molar-refractivity contribution in [3.05, 3.63) is 65.2 Å². The van der Waals surface area contributed by atoms with Crippen LogP contribution in [-0.4, -0.2) is 35.9 Å². The predicted octanol–water partition coefficient (Wildman–Crippen LogP) is 2.85. The summed E-state index contributed by atoms with van der Waals surface area (Å²) in [7, 11) is 0. The molecule has 30 heavy (non-hydrogen) atoms. The van der Waals surface area contributed by atoms with Gasteiger partial charge in [-0.3, -0.25) is 4.79 Å². The van der Waals surface area contributed by atoms with Gasteiger partial charge in [-0.25, -0.2) is 19.8 Å². The number of carbonyl (C=O) groups excluding carboxylic acids is 1. The molecule has 0 aliphatic rings. The molecular weight excluding hydrogens is 385 g/mol. The highest BCUT2D eigenvalue weighted by Gasteiger charge is 2.15. The zero-order chi connectivity index (χ0) is 21.9. The van der Waals surface area contributed by atoms with Gasteiger partial charge in [-0.15, -0.1) is 0 Å². The first-order valence-corrected chi connectivity index (χ1v) is 9.38. The zero-order valence-electron chi connectivity index (χ0n) is 16.9. The number of benzene rings is 1. The highest BCUT2D eigenvalue weighted by atomic mass is 19.1. The SMILES string of the molecule is Cc1ccc(NNCC=N)c(C(=O)NC(C)C/C(C=Nc2ccc(F)cn2)=C/N)c1. The number of anilines is 1. The Kier molecular flexibility index (Phi) is 8.64. The molecule has 0 aliphatic carbocycles. The fraction of sp³-hybridized carbons (Fsp3) is 0.238. The van der Waals surface area contributed by atoms with E-state index in [1.165, 1.54) is 24.5 Å². The van der Waals surface area contributed by atoms with Crippen molar-refractivity contribution in [1.29, 1.82) is 5.41 Å². The number of halogens is 1. The maximum atomic E-state index is 12.9. The summed E-state index contributed by atoms with van der Waals surface area (Å²) in [6, 6.07) is 8.01. The summed E-state index contributed by atoms with van der Waals surface area (Å²) in [5.41, 5.74) is 14.2. The van der Waals surface area contributed by atoms with Crippen LogP contribution < -0.4 is 21.9 Å². The summed E-state index contributed by atoms with van der Waals surface area (Å²) in [5.74, 6) is -0.308. The molecule has 158 valence electrons. The molecule has 6 N–H and O–H groups in total. The Balaban J connectivity index is 2.01. The molecule has 1 atom stereocenters. The van der Waals surface area contributed by atoms with Crippen molar-refractivity contribution in [2.45, 2.75) is 26.3 Å². The smallest absolute Gasteiger partial charge is 0.253 e. The van der Waals surface area contributed by atoms with Gasteiger partial charge in [0.1, 0.15) is 5.82 Å². The van der Waals surface area contributed by atoms with Gasteiger partial charge in [0.15, 0.2) is 5.82 Å². The van der Waals surface area contributed by atoms with Crippen LogP contribution in [0.15, 0.2) is 53.3 Å². The number of aliphatic imine (C=N–C) groups is 1. The van der Waals surface area contributed by atoms with Crippen LogP contribution in [0.25, 0.3) is 0 Å².